The molecule has 7 heteroatoms. The van der Waals surface area contributed by atoms with Crippen LogP contribution in [0.1, 0.15) is 71.6 Å². The molecule has 0 aromatic carbocycles. The number of ether oxygens (including phenoxy) is 1. The number of methoxy groups -OCH3 is 1. The Bertz CT molecular complexity index is 849. The maximum absolute atomic E-state index is 12.4. The van der Waals surface area contributed by atoms with E-state index in [2.05, 4.69) is 0 Å². The normalized spacial score (nSPS) is 46.4. The zero-order valence-corrected chi connectivity index (χ0v) is 18.6. The monoisotopic (exact) mass is 434 g/mol. The lowest BCUT2D eigenvalue weighted by Gasteiger charge is -2.64. The fourth-order valence-corrected chi connectivity index (χ4v) is 7.71. The third-order valence-corrected chi connectivity index (χ3v) is 9.79. The Balaban J connectivity index is 1.75. The van der Waals surface area contributed by atoms with E-state index in [0.29, 0.717) is 38.5 Å². The number of aliphatic carboxylic acids is 1. The molecule has 0 amide bonds. The molecule has 0 bridgehead atoms. The summed E-state index contributed by atoms with van der Waals surface area (Å²) in [5.41, 5.74) is -2.80. The first-order valence-electron chi connectivity index (χ1n) is 11.4. The maximum atomic E-state index is 12.4. The van der Waals surface area contributed by atoms with Crippen LogP contribution in [0.4, 0.5) is 0 Å². The first-order valence-corrected chi connectivity index (χ1v) is 11.4. The molecule has 1 unspecified atom stereocenters. The van der Waals surface area contributed by atoms with Gasteiger partial charge in [-0.1, -0.05) is 19.4 Å². The third kappa shape index (κ3) is 2.95. The predicted octanol–water partition coefficient (Wildman–Crippen LogP) is 2.63. The summed E-state index contributed by atoms with van der Waals surface area (Å²) in [5, 5.41) is 33.9. The highest BCUT2D eigenvalue weighted by atomic mass is 16.5. The van der Waals surface area contributed by atoms with Gasteiger partial charge in [0, 0.05) is 24.2 Å². The minimum Gasteiger partial charge on any atom is -0.481 e. The van der Waals surface area contributed by atoms with Gasteiger partial charge >= 0.3 is 11.9 Å². The van der Waals surface area contributed by atoms with Crippen molar-refractivity contribution >= 4 is 17.7 Å². The van der Waals surface area contributed by atoms with Gasteiger partial charge in [0.15, 0.2) is 5.78 Å². The average Bonchev–Trinajstić information content (AvgIpc) is 2.98. The van der Waals surface area contributed by atoms with Gasteiger partial charge in [-0.3, -0.25) is 14.4 Å². The molecule has 7 nitrogen and oxygen atoms in total. The number of fused-ring (bicyclic) bond motifs is 5. The summed E-state index contributed by atoms with van der Waals surface area (Å²) in [4.78, 5) is 36.2. The lowest BCUT2D eigenvalue weighted by Crippen LogP contribution is -2.67. The summed E-state index contributed by atoms with van der Waals surface area (Å²) in [6, 6.07) is 0. The Labute approximate surface area is 182 Å². The molecular formula is C24H34O7. The number of rotatable bonds is 4. The smallest absolute Gasteiger partial charge is 0.307 e. The Kier molecular flexibility index (Phi) is 5.17. The Morgan fingerprint density at radius 1 is 1.16 bits per heavy atom. The number of aliphatic hydroxyl groups is 2. The van der Waals surface area contributed by atoms with Gasteiger partial charge in [-0.25, -0.2) is 0 Å². The van der Waals surface area contributed by atoms with Crippen LogP contribution in [0.15, 0.2) is 11.6 Å². The summed E-state index contributed by atoms with van der Waals surface area (Å²) in [6.07, 6.45) is 5.10. The largest absolute Gasteiger partial charge is 0.481 e. The molecule has 0 aliphatic heterocycles. The van der Waals surface area contributed by atoms with Gasteiger partial charge < -0.3 is 20.1 Å². The molecule has 4 aliphatic carbocycles. The van der Waals surface area contributed by atoms with Crippen LogP contribution in [-0.2, 0) is 19.1 Å². The number of carboxylic acid groups (broad SMARTS) is 1. The second kappa shape index (κ2) is 7.14. The average molecular weight is 435 g/mol. The minimum atomic E-state index is -1.24. The quantitative estimate of drug-likeness (QED) is 0.582. The molecule has 0 aromatic heterocycles. The van der Waals surface area contributed by atoms with Gasteiger partial charge in [0.2, 0.25) is 0 Å². The number of carbonyl (C=O) groups is 3. The molecule has 0 saturated heterocycles. The van der Waals surface area contributed by atoms with Crippen molar-refractivity contribution in [3.63, 3.8) is 0 Å². The molecule has 4 aliphatic rings. The van der Waals surface area contributed by atoms with Gasteiger partial charge in [0.05, 0.1) is 24.2 Å². The highest BCUT2D eigenvalue weighted by molar-refractivity contribution is 5.92. The lowest BCUT2D eigenvalue weighted by molar-refractivity contribution is -0.228. The lowest BCUT2D eigenvalue weighted by atomic mass is 9.42. The van der Waals surface area contributed by atoms with E-state index < -0.39 is 39.8 Å². The molecule has 0 aromatic rings. The predicted molar refractivity (Wildman–Crippen MR) is 111 cm³/mol. The topological polar surface area (TPSA) is 121 Å². The molecule has 3 N–H and O–H groups in total. The number of ketones is 1. The molecule has 172 valence electrons. The first-order chi connectivity index (χ1) is 14.4. The number of esters is 1. The zero-order valence-electron chi connectivity index (χ0n) is 18.6. The van der Waals surface area contributed by atoms with E-state index in [1.807, 2.05) is 13.8 Å². The molecule has 3 saturated carbocycles. The van der Waals surface area contributed by atoms with Crippen LogP contribution in [-0.4, -0.2) is 51.4 Å². The number of carbonyl (C=O) groups excluding carboxylic acids is 2. The Morgan fingerprint density at radius 2 is 1.87 bits per heavy atom. The highest BCUT2D eigenvalue weighted by Crippen LogP contribution is 2.70. The first kappa shape index (κ1) is 22.5. The summed E-state index contributed by atoms with van der Waals surface area (Å²) in [7, 11) is 1.33. The van der Waals surface area contributed by atoms with Crippen molar-refractivity contribution in [1.82, 2.24) is 0 Å². The van der Waals surface area contributed by atoms with Crippen LogP contribution in [0.3, 0.4) is 0 Å². The Morgan fingerprint density at radius 3 is 2.52 bits per heavy atom. The van der Waals surface area contributed by atoms with Gasteiger partial charge in [-0.2, -0.15) is 0 Å². The van der Waals surface area contributed by atoms with Crippen LogP contribution >= 0.6 is 0 Å². The highest BCUT2D eigenvalue weighted by Gasteiger charge is 2.71. The van der Waals surface area contributed by atoms with E-state index in [4.69, 9.17) is 4.74 Å². The summed E-state index contributed by atoms with van der Waals surface area (Å²) >= 11 is 0. The molecular weight excluding hydrogens is 400 g/mol. The summed E-state index contributed by atoms with van der Waals surface area (Å²) < 4.78 is 4.75. The number of carboxylic acids is 1. The van der Waals surface area contributed by atoms with Crippen molar-refractivity contribution in [3.05, 3.63) is 11.6 Å². The second-order valence-electron chi connectivity index (χ2n) is 10.7. The third-order valence-electron chi connectivity index (χ3n) is 9.79. The van der Waals surface area contributed by atoms with Crippen molar-refractivity contribution < 1.29 is 34.4 Å². The van der Waals surface area contributed by atoms with E-state index in [9.17, 15) is 29.7 Å². The van der Waals surface area contributed by atoms with Crippen LogP contribution in [0.2, 0.25) is 0 Å². The van der Waals surface area contributed by atoms with E-state index >= 15 is 0 Å². The molecule has 4 rings (SSSR count). The van der Waals surface area contributed by atoms with E-state index in [-0.39, 0.29) is 36.9 Å². The fraction of sp³-hybridized carbons (Fsp3) is 0.792. The molecule has 0 radical (unpaired) electrons. The second-order valence-corrected chi connectivity index (χ2v) is 10.7. The van der Waals surface area contributed by atoms with E-state index in [0.717, 1.165) is 5.57 Å². The van der Waals surface area contributed by atoms with Gasteiger partial charge in [-0.15, -0.1) is 0 Å². The van der Waals surface area contributed by atoms with E-state index in [1.54, 1.807) is 6.08 Å². The molecule has 0 spiro atoms. The standard InChI is InChI=1S/C24H34O7/c1-21-7-4-15(25)12-14(21)13-16(20(27)28)19-17-5-8-23(29,9-6-18(26)31-3)22(17,2)10-11-24(19,21)30/h12,16-17,19,29-30H,4-11,13H2,1-3H3,(H,27,28)/t16?,17-,19-,21-,22-,23-,24+/m0/s1. The van der Waals surface area contributed by atoms with Crippen LogP contribution in [0.5, 0.6) is 0 Å². The van der Waals surface area contributed by atoms with Crippen LogP contribution < -0.4 is 0 Å². The van der Waals surface area contributed by atoms with Gasteiger partial charge in [0.1, 0.15) is 0 Å². The van der Waals surface area contributed by atoms with E-state index in [1.165, 1.54) is 7.11 Å². The Hall–Kier alpha value is -1.73. The number of hydrogen-bond donors (Lipinski definition) is 3. The van der Waals surface area contributed by atoms with Crippen molar-refractivity contribution in [2.24, 2.45) is 28.6 Å². The van der Waals surface area contributed by atoms with Crippen molar-refractivity contribution in [1.29, 1.82) is 0 Å². The van der Waals surface area contributed by atoms with Gasteiger partial charge in [-0.05, 0) is 62.4 Å². The van der Waals surface area contributed by atoms with Crippen molar-refractivity contribution in [2.45, 2.75) is 82.8 Å². The van der Waals surface area contributed by atoms with Gasteiger partial charge in [0.25, 0.3) is 0 Å². The summed E-state index contributed by atoms with van der Waals surface area (Å²) in [5.74, 6) is -2.82. The molecule has 0 heterocycles. The number of hydrogen-bond acceptors (Lipinski definition) is 6. The molecule has 7 atom stereocenters. The van der Waals surface area contributed by atoms with Crippen molar-refractivity contribution in [3.8, 4) is 0 Å². The van der Waals surface area contributed by atoms with Crippen LogP contribution in [0, 0.1) is 28.6 Å². The fourth-order valence-electron chi connectivity index (χ4n) is 7.71. The maximum Gasteiger partial charge on any atom is 0.307 e. The SMILES string of the molecule is COC(=O)CC[C@@]1(O)CC[C@H]2[C@@H]3C(C(=O)O)CC4=CC(=O)CC[C@]4(C)[C@@]3(O)CC[C@@]21C. The molecule has 3 fully saturated rings. The minimum absolute atomic E-state index is 0.00244. The zero-order chi connectivity index (χ0) is 22.8. The molecule has 31 heavy (non-hydrogen) atoms. The van der Waals surface area contributed by atoms with Crippen molar-refractivity contribution in [2.75, 3.05) is 7.11 Å². The summed E-state index contributed by atoms with van der Waals surface area (Å²) in [6.45, 7) is 3.98. The van der Waals surface area contributed by atoms with Crippen LogP contribution in [0.25, 0.3) is 0 Å².